The Hall–Kier alpha value is -1.54. The Labute approximate surface area is 117 Å². The van der Waals surface area contributed by atoms with Crippen molar-refractivity contribution in [3.63, 3.8) is 0 Å². The van der Waals surface area contributed by atoms with Crippen LogP contribution in [0.2, 0.25) is 0 Å². The minimum Gasteiger partial charge on any atom is -0.394 e. The maximum atomic E-state index is 12.2. The van der Waals surface area contributed by atoms with Crippen LogP contribution in [0.25, 0.3) is 10.8 Å². The summed E-state index contributed by atoms with van der Waals surface area (Å²) in [5.74, 6) is 0. The van der Waals surface area contributed by atoms with Gasteiger partial charge in [0.15, 0.2) is 0 Å². The largest absolute Gasteiger partial charge is 0.394 e. The lowest BCUT2D eigenvalue weighted by molar-refractivity contribution is 0.0961. The van der Waals surface area contributed by atoms with E-state index in [1.165, 1.54) is 0 Å². The van der Waals surface area contributed by atoms with Crippen LogP contribution in [-0.4, -0.2) is 44.9 Å². The van der Waals surface area contributed by atoms with E-state index < -0.39 is 10.0 Å². The zero-order chi connectivity index (χ0) is 14.4. The van der Waals surface area contributed by atoms with E-state index in [0.29, 0.717) is 5.39 Å². The quantitative estimate of drug-likeness (QED) is 0.727. The first kappa shape index (κ1) is 14.9. The maximum absolute atomic E-state index is 12.2. The Balaban J connectivity index is 2.15. The minimum absolute atomic E-state index is 0.0803. The summed E-state index contributed by atoms with van der Waals surface area (Å²) in [4.78, 5) is 4.19. The van der Waals surface area contributed by atoms with Gasteiger partial charge < -0.3 is 9.84 Å². The second kappa shape index (κ2) is 6.76. The van der Waals surface area contributed by atoms with Crippen molar-refractivity contribution in [2.75, 3.05) is 26.4 Å². The van der Waals surface area contributed by atoms with Crippen molar-refractivity contribution in [2.24, 2.45) is 0 Å². The molecule has 6 nitrogen and oxygen atoms in total. The van der Waals surface area contributed by atoms with E-state index in [9.17, 15) is 8.42 Å². The monoisotopic (exact) mass is 296 g/mol. The van der Waals surface area contributed by atoms with Gasteiger partial charge in [-0.2, -0.15) is 0 Å². The Bertz CT molecular complexity index is 668. The summed E-state index contributed by atoms with van der Waals surface area (Å²) in [7, 11) is -3.59. The van der Waals surface area contributed by atoms with Crippen LogP contribution in [0.15, 0.2) is 41.6 Å². The summed E-state index contributed by atoms with van der Waals surface area (Å²) >= 11 is 0. The topological polar surface area (TPSA) is 88.5 Å². The highest BCUT2D eigenvalue weighted by molar-refractivity contribution is 7.89. The molecule has 0 aliphatic heterocycles. The van der Waals surface area contributed by atoms with Crippen LogP contribution in [0.5, 0.6) is 0 Å². The number of hydrogen-bond acceptors (Lipinski definition) is 5. The van der Waals surface area contributed by atoms with Crippen LogP contribution in [0.1, 0.15) is 0 Å². The van der Waals surface area contributed by atoms with E-state index in [1.807, 2.05) is 6.07 Å². The van der Waals surface area contributed by atoms with Gasteiger partial charge in [-0.15, -0.1) is 0 Å². The van der Waals surface area contributed by atoms with Gasteiger partial charge in [0.2, 0.25) is 10.0 Å². The van der Waals surface area contributed by atoms with Crippen molar-refractivity contribution >= 4 is 20.8 Å². The molecule has 20 heavy (non-hydrogen) atoms. The lowest BCUT2D eigenvalue weighted by atomic mass is 10.2. The lowest BCUT2D eigenvalue weighted by Crippen LogP contribution is -2.28. The van der Waals surface area contributed by atoms with Crippen LogP contribution in [-0.2, 0) is 14.8 Å². The number of sulfonamides is 1. The standard InChI is InChI=1S/C13H16N2O4S/c16-7-9-19-8-6-15-20(17,18)13-3-1-2-11-10-14-5-4-12(11)13/h1-5,10,15-16H,6-9H2. The number of ether oxygens (including phenoxy) is 1. The Morgan fingerprint density at radius 1 is 1.25 bits per heavy atom. The molecule has 108 valence electrons. The van der Waals surface area contributed by atoms with Crippen LogP contribution in [0.4, 0.5) is 0 Å². The van der Waals surface area contributed by atoms with Gasteiger partial charge in [0.05, 0.1) is 24.7 Å². The molecule has 0 saturated carbocycles. The number of benzene rings is 1. The maximum Gasteiger partial charge on any atom is 0.241 e. The van der Waals surface area contributed by atoms with Gasteiger partial charge in [-0.3, -0.25) is 4.98 Å². The summed E-state index contributed by atoms with van der Waals surface area (Å²) in [6.45, 7) is 0.487. The number of aliphatic hydroxyl groups is 1. The van der Waals surface area contributed by atoms with E-state index in [2.05, 4.69) is 9.71 Å². The zero-order valence-corrected chi connectivity index (χ0v) is 11.6. The molecule has 0 unspecified atom stereocenters. The van der Waals surface area contributed by atoms with Gasteiger partial charge in [-0.1, -0.05) is 12.1 Å². The van der Waals surface area contributed by atoms with E-state index in [4.69, 9.17) is 9.84 Å². The normalized spacial score (nSPS) is 11.8. The molecule has 2 N–H and O–H groups in total. The second-order valence-electron chi connectivity index (χ2n) is 4.09. The Morgan fingerprint density at radius 2 is 2.10 bits per heavy atom. The van der Waals surface area contributed by atoms with Crippen LogP contribution < -0.4 is 4.72 Å². The van der Waals surface area contributed by atoms with Gasteiger partial charge in [0, 0.05) is 29.7 Å². The zero-order valence-electron chi connectivity index (χ0n) is 10.8. The van der Waals surface area contributed by atoms with Gasteiger partial charge in [0.25, 0.3) is 0 Å². The molecule has 0 bridgehead atoms. The van der Waals surface area contributed by atoms with E-state index >= 15 is 0 Å². The fourth-order valence-electron chi connectivity index (χ4n) is 1.82. The molecule has 0 saturated heterocycles. The third-order valence-electron chi connectivity index (χ3n) is 2.70. The Kier molecular flexibility index (Phi) is 5.02. The summed E-state index contributed by atoms with van der Waals surface area (Å²) in [5.41, 5.74) is 0. The lowest BCUT2D eigenvalue weighted by Gasteiger charge is -2.09. The SMILES string of the molecule is O=S(=O)(NCCOCCO)c1cccc2cnccc12. The number of hydrogen-bond donors (Lipinski definition) is 2. The molecule has 0 fully saturated rings. The molecule has 1 aromatic carbocycles. The number of fused-ring (bicyclic) bond motifs is 1. The fraction of sp³-hybridized carbons (Fsp3) is 0.308. The first-order valence-electron chi connectivity index (χ1n) is 6.16. The number of aromatic nitrogens is 1. The molecule has 0 amide bonds. The average Bonchev–Trinajstić information content (AvgIpc) is 2.46. The third kappa shape index (κ3) is 3.51. The fourth-order valence-corrected chi connectivity index (χ4v) is 3.06. The van der Waals surface area contributed by atoms with E-state index in [-0.39, 0.29) is 31.3 Å². The first-order valence-corrected chi connectivity index (χ1v) is 7.64. The summed E-state index contributed by atoms with van der Waals surface area (Å²) in [6.07, 6.45) is 3.18. The van der Waals surface area contributed by atoms with Gasteiger partial charge in [0.1, 0.15) is 0 Å². The first-order chi connectivity index (χ1) is 9.65. The average molecular weight is 296 g/mol. The molecule has 0 aliphatic rings. The number of nitrogens with one attached hydrogen (secondary N) is 1. The number of rotatable bonds is 7. The highest BCUT2D eigenvalue weighted by atomic mass is 32.2. The molecular weight excluding hydrogens is 280 g/mol. The second-order valence-corrected chi connectivity index (χ2v) is 5.82. The van der Waals surface area contributed by atoms with Crippen molar-refractivity contribution in [1.29, 1.82) is 0 Å². The molecule has 2 aromatic rings. The smallest absolute Gasteiger partial charge is 0.241 e. The van der Waals surface area contributed by atoms with Crippen molar-refractivity contribution in [3.8, 4) is 0 Å². The predicted molar refractivity (Wildman–Crippen MR) is 74.8 cm³/mol. The third-order valence-corrected chi connectivity index (χ3v) is 4.22. The van der Waals surface area contributed by atoms with Crippen LogP contribution in [0.3, 0.4) is 0 Å². The molecule has 0 spiro atoms. The number of aliphatic hydroxyl groups excluding tert-OH is 1. The van der Waals surface area contributed by atoms with Crippen LogP contribution >= 0.6 is 0 Å². The van der Waals surface area contributed by atoms with Crippen molar-refractivity contribution in [2.45, 2.75) is 4.90 Å². The number of pyridine rings is 1. The number of nitrogens with zero attached hydrogens (tertiary/aromatic N) is 1. The van der Waals surface area contributed by atoms with E-state index in [0.717, 1.165) is 5.39 Å². The van der Waals surface area contributed by atoms with E-state index in [1.54, 1.807) is 30.6 Å². The van der Waals surface area contributed by atoms with Gasteiger partial charge >= 0.3 is 0 Å². The van der Waals surface area contributed by atoms with Crippen molar-refractivity contribution in [3.05, 3.63) is 36.7 Å². The predicted octanol–water partition coefficient (Wildman–Crippen LogP) is 0.522. The highest BCUT2D eigenvalue weighted by Crippen LogP contribution is 2.21. The highest BCUT2D eigenvalue weighted by Gasteiger charge is 2.16. The molecule has 0 atom stereocenters. The van der Waals surface area contributed by atoms with Crippen molar-refractivity contribution < 1.29 is 18.3 Å². The summed E-state index contributed by atoms with van der Waals surface area (Å²) in [5, 5.41) is 9.95. The molecule has 1 heterocycles. The summed E-state index contributed by atoms with van der Waals surface area (Å²) < 4.78 is 32.0. The summed E-state index contributed by atoms with van der Waals surface area (Å²) in [6, 6.07) is 6.72. The van der Waals surface area contributed by atoms with Gasteiger partial charge in [-0.05, 0) is 12.1 Å². The van der Waals surface area contributed by atoms with Crippen molar-refractivity contribution in [1.82, 2.24) is 9.71 Å². The minimum atomic E-state index is -3.59. The van der Waals surface area contributed by atoms with Crippen LogP contribution in [0, 0.1) is 0 Å². The van der Waals surface area contributed by atoms with Gasteiger partial charge in [-0.25, -0.2) is 13.1 Å². The molecule has 0 aliphatic carbocycles. The molecular formula is C13H16N2O4S. The molecule has 0 radical (unpaired) electrons. The molecule has 1 aromatic heterocycles. The molecule has 2 rings (SSSR count). The molecule has 7 heteroatoms. The Morgan fingerprint density at radius 3 is 2.90 bits per heavy atom.